The standard InChI is InChI=1S/C27H27FN2O2S/c1-17-8-13-22(15-23(17)28)30-24(31)16-33-26(30)19-6-5-7-21(14-19)29-25(32)18-9-11-20(12-10-18)27(2,3)4/h5-15,26H,16H2,1-4H3,(H,29,32)/t26-/m0/s1. The van der Waals surface area contributed by atoms with Gasteiger partial charge < -0.3 is 5.32 Å². The Hall–Kier alpha value is -3.12. The van der Waals surface area contributed by atoms with E-state index in [2.05, 4.69) is 26.1 Å². The number of amides is 2. The van der Waals surface area contributed by atoms with Crippen molar-refractivity contribution in [2.24, 2.45) is 0 Å². The van der Waals surface area contributed by atoms with E-state index in [1.807, 2.05) is 48.5 Å². The summed E-state index contributed by atoms with van der Waals surface area (Å²) >= 11 is 1.49. The maximum Gasteiger partial charge on any atom is 0.255 e. The van der Waals surface area contributed by atoms with Gasteiger partial charge in [-0.15, -0.1) is 11.8 Å². The minimum Gasteiger partial charge on any atom is -0.322 e. The molecule has 170 valence electrons. The molecule has 0 aliphatic carbocycles. The second kappa shape index (κ2) is 9.02. The molecule has 0 bridgehead atoms. The predicted octanol–water partition coefficient (Wildman–Crippen LogP) is 6.46. The Morgan fingerprint density at radius 2 is 1.79 bits per heavy atom. The molecule has 6 heteroatoms. The van der Waals surface area contributed by atoms with Gasteiger partial charge in [0.1, 0.15) is 11.2 Å². The molecule has 1 fully saturated rings. The molecular formula is C27H27FN2O2S. The van der Waals surface area contributed by atoms with Crippen LogP contribution in [0.4, 0.5) is 15.8 Å². The van der Waals surface area contributed by atoms with E-state index in [0.29, 0.717) is 28.3 Å². The number of benzene rings is 3. The third-order valence-corrected chi connectivity index (χ3v) is 6.96. The lowest BCUT2D eigenvalue weighted by Crippen LogP contribution is -2.28. The van der Waals surface area contributed by atoms with Crippen molar-refractivity contribution < 1.29 is 14.0 Å². The molecule has 3 aromatic rings. The quantitative estimate of drug-likeness (QED) is 0.484. The SMILES string of the molecule is Cc1ccc(N2C(=O)CS[C@H]2c2cccc(NC(=O)c3ccc(C(C)(C)C)cc3)c2)cc1F. The van der Waals surface area contributed by atoms with Crippen molar-refractivity contribution in [3.05, 3.63) is 94.8 Å². The number of rotatable bonds is 4. The fourth-order valence-corrected chi connectivity index (χ4v) is 4.94. The topological polar surface area (TPSA) is 49.4 Å². The smallest absolute Gasteiger partial charge is 0.255 e. The van der Waals surface area contributed by atoms with Gasteiger partial charge in [0.15, 0.2) is 0 Å². The molecule has 1 N–H and O–H groups in total. The Morgan fingerprint density at radius 1 is 1.06 bits per heavy atom. The van der Waals surface area contributed by atoms with E-state index in [-0.39, 0.29) is 28.4 Å². The Kier molecular flexibility index (Phi) is 6.30. The number of nitrogens with one attached hydrogen (secondary N) is 1. The lowest BCUT2D eigenvalue weighted by molar-refractivity contribution is -0.115. The van der Waals surface area contributed by atoms with E-state index in [4.69, 9.17) is 0 Å². The zero-order valence-electron chi connectivity index (χ0n) is 19.2. The van der Waals surface area contributed by atoms with Crippen LogP contribution in [-0.4, -0.2) is 17.6 Å². The zero-order valence-corrected chi connectivity index (χ0v) is 20.0. The fourth-order valence-electron chi connectivity index (χ4n) is 3.78. The van der Waals surface area contributed by atoms with Crippen LogP contribution in [0.1, 0.15) is 53.2 Å². The molecule has 1 atom stereocenters. The molecule has 0 unspecified atom stereocenters. The number of hydrogen-bond donors (Lipinski definition) is 1. The van der Waals surface area contributed by atoms with Gasteiger partial charge in [-0.2, -0.15) is 0 Å². The van der Waals surface area contributed by atoms with Gasteiger partial charge in [0.2, 0.25) is 5.91 Å². The summed E-state index contributed by atoms with van der Waals surface area (Å²) in [6.45, 7) is 8.09. The Labute approximate surface area is 198 Å². The van der Waals surface area contributed by atoms with Crippen molar-refractivity contribution in [2.75, 3.05) is 16.0 Å². The number of nitrogens with zero attached hydrogens (tertiary/aromatic N) is 1. The molecule has 2 amide bonds. The van der Waals surface area contributed by atoms with Gasteiger partial charge in [-0.3, -0.25) is 14.5 Å². The van der Waals surface area contributed by atoms with Crippen molar-refractivity contribution in [1.82, 2.24) is 0 Å². The summed E-state index contributed by atoms with van der Waals surface area (Å²) < 4.78 is 14.2. The number of anilines is 2. The van der Waals surface area contributed by atoms with E-state index in [9.17, 15) is 14.0 Å². The molecular weight excluding hydrogens is 435 g/mol. The maximum atomic E-state index is 14.2. The van der Waals surface area contributed by atoms with Gasteiger partial charge in [0, 0.05) is 16.9 Å². The maximum absolute atomic E-state index is 14.2. The number of aryl methyl sites for hydroxylation is 1. The highest BCUT2D eigenvalue weighted by atomic mass is 32.2. The van der Waals surface area contributed by atoms with Crippen molar-refractivity contribution in [2.45, 2.75) is 38.5 Å². The van der Waals surface area contributed by atoms with E-state index < -0.39 is 0 Å². The molecule has 1 aliphatic rings. The molecule has 1 saturated heterocycles. The Bertz CT molecular complexity index is 1200. The Balaban J connectivity index is 1.55. The van der Waals surface area contributed by atoms with Crippen LogP contribution in [-0.2, 0) is 10.2 Å². The minimum atomic E-state index is -0.338. The first-order valence-electron chi connectivity index (χ1n) is 10.9. The molecule has 4 nitrogen and oxygen atoms in total. The normalized spacial score (nSPS) is 16.2. The van der Waals surface area contributed by atoms with E-state index in [1.165, 1.54) is 17.8 Å². The summed E-state index contributed by atoms with van der Waals surface area (Å²) in [5, 5.41) is 2.66. The van der Waals surface area contributed by atoms with Gasteiger partial charge in [0.05, 0.1) is 5.75 Å². The molecule has 4 rings (SSSR count). The van der Waals surface area contributed by atoms with E-state index in [1.54, 1.807) is 24.0 Å². The summed E-state index contributed by atoms with van der Waals surface area (Å²) in [4.78, 5) is 27.0. The van der Waals surface area contributed by atoms with Gasteiger partial charge in [0.25, 0.3) is 5.91 Å². The van der Waals surface area contributed by atoms with Crippen LogP contribution < -0.4 is 10.2 Å². The first-order valence-corrected chi connectivity index (χ1v) is 11.9. The molecule has 0 spiro atoms. The third-order valence-electron chi connectivity index (χ3n) is 5.74. The number of carbonyl (C=O) groups is 2. The molecule has 1 heterocycles. The van der Waals surface area contributed by atoms with Crippen LogP contribution in [0.3, 0.4) is 0 Å². The van der Waals surface area contributed by atoms with Crippen molar-refractivity contribution in [3.8, 4) is 0 Å². The van der Waals surface area contributed by atoms with Crippen LogP contribution >= 0.6 is 11.8 Å². The average molecular weight is 463 g/mol. The van der Waals surface area contributed by atoms with Gasteiger partial charge >= 0.3 is 0 Å². The largest absolute Gasteiger partial charge is 0.322 e. The highest BCUT2D eigenvalue weighted by Crippen LogP contribution is 2.42. The Morgan fingerprint density at radius 3 is 2.45 bits per heavy atom. The fraction of sp³-hybridized carbons (Fsp3) is 0.259. The van der Waals surface area contributed by atoms with E-state index in [0.717, 1.165) is 11.1 Å². The highest BCUT2D eigenvalue weighted by Gasteiger charge is 2.34. The minimum absolute atomic E-state index is 0.0198. The summed E-state index contributed by atoms with van der Waals surface area (Å²) in [5.41, 5.74) is 4.35. The van der Waals surface area contributed by atoms with Gasteiger partial charge in [-0.1, -0.05) is 51.1 Å². The summed E-state index contributed by atoms with van der Waals surface area (Å²) in [6, 6.07) is 19.9. The summed E-state index contributed by atoms with van der Waals surface area (Å²) in [7, 11) is 0. The van der Waals surface area contributed by atoms with Crippen LogP contribution in [0.15, 0.2) is 66.7 Å². The first kappa shape index (κ1) is 23.1. The lowest BCUT2D eigenvalue weighted by Gasteiger charge is -2.25. The number of carbonyl (C=O) groups excluding carboxylic acids is 2. The zero-order chi connectivity index (χ0) is 23.8. The first-order chi connectivity index (χ1) is 15.6. The van der Waals surface area contributed by atoms with Crippen LogP contribution in [0.5, 0.6) is 0 Å². The molecule has 0 aromatic heterocycles. The van der Waals surface area contributed by atoms with Crippen LogP contribution in [0, 0.1) is 12.7 Å². The van der Waals surface area contributed by atoms with Crippen molar-refractivity contribution in [1.29, 1.82) is 0 Å². The second-order valence-electron chi connectivity index (χ2n) is 9.27. The lowest BCUT2D eigenvalue weighted by atomic mass is 9.87. The molecule has 0 saturated carbocycles. The van der Waals surface area contributed by atoms with Crippen LogP contribution in [0.25, 0.3) is 0 Å². The molecule has 0 radical (unpaired) electrons. The predicted molar refractivity (Wildman–Crippen MR) is 133 cm³/mol. The van der Waals surface area contributed by atoms with E-state index >= 15 is 0 Å². The number of thioether (sulfide) groups is 1. The average Bonchev–Trinajstić information content (AvgIpc) is 3.17. The summed E-state index contributed by atoms with van der Waals surface area (Å²) in [5.74, 6) is -0.284. The molecule has 33 heavy (non-hydrogen) atoms. The molecule has 3 aromatic carbocycles. The van der Waals surface area contributed by atoms with Gasteiger partial charge in [-0.25, -0.2) is 4.39 Å². The van der Waals surface area contributed by atoms with Crippen LogP contribution in [0.2, 0.25) is 0 Å². The molecule has 1 aliphatic heterocycles. The number of hydrogen-bond acceptors (Lipinski definition) is 3. The highest BCUT2D eigenvalue weighted by molar-refractivity contribution is 8.00. The monoisotopic (exact) mass is 462 g/mol. The number of halogens is 1. The third kappa shape index (κ3) is 4.96. The summed E-state index contributed by atoms with van der Waals surface area (Å²) in [6.07, 6.45) is 0. The van der Waals surface area contributed by atoms with Crippen molar-refractivity contribution >= 4 is 35.0 Å². The van der Waals surface area contributed by atoms with Crippen molar-refractivity contribution in [3.63, 3.8) is 0 Å². The second-order valence-corrected chi connectivity index (χ2v) is 10.3. The van der Waals surface area contributed by atoms with Gasteiger partial charge in [-0.05, 0) is 65.4 Å².